The smallest absolute Gasteiger partial charge is 0.303 e. The summed E-state index contributed by atoms with van der Waals surface area (Å²) < 4.78 is 5.57. The van der Waals surface area contributed by atoms with E-state index in [9.17, 15) is 9.90 Å². The number of allylic oxidation sites excluding steroid dienone is 2. The number of hydrogen-bond donors (Lipinski definition) is 2. The first-order valence-corrected chi connectivity index (χ1v) is 8.52. The summed E-state index contributed by atoms with van der Waals surface area (Å²) >= 11 is 0. The van der Waals surface area contributed by atoms with E-state index in [1.165, 1.54) is 0 Å². The third-order valence-corrected chi connectivity index (χ3v) is 4.30. The van der Waals surface area contributed by atoms with Crippen molar-refractivity contribution in [1.82, 2.24) is 0 Å². The number of ether oxygens (including phenoxy) is 1. The van der Waals surface area contributed by atoms with E-state index in [0.29, 0.717) is 24.9 Å². The predicted molar refractivity (Wildman–Crippen MR) is 93.6 cm³/mol. The van der Waals surface area contributed by atoms with Gasteiger partial charge in [0.05, 0.1) is 19.3 Å². The largest absolute Gasteiger partial charge is 0.481 e. The quantitative estimate of drug-likeness (QED) is 0.535. The summed E-state index contributed by atoms with van der Waals surface area (Å²) in [5.74, 6) is -0.0123. The molecule has 0 saturated carbocycles. The highest BCUT2D eigenvalue weighted by molar-refractivity contribution is 5.66. The monoisotopic (exact) mass is 330 g/mol. The maximum Gasteiger partial charge on any atom is 0.303 e. The molecule has 1 unspecified atom stereocenters. The number of carbonyl (C=O) groups is 1. The van der Waals surface area contributed by atoms with E-state index in [1.807, 2.05) is 36.4 Å². The summed E-state index contributed by atoms with van der Waals surface area (Å²) in [5, 5.41) is 18.8. The molecule has 4 nitrogen and oxygen atoms in total. The third-order valence-electron chi connectivity index (χ3n) is 4.30. The van der Waals surface area contributed by atoms with Gasteiger partial charge in [-0.25, -0.2) is 0 Å². The Morgan fingerprint density at radius 1 is 1.25 bits per heavy atom. The average molecular weight is 330 g/mol. The molecule has 1 aliphatic rings. The van der Waals surface area contributed by atoms with Crippen LogP contribution in [0.4, 0.5) is 0 Å². The van der Waals surface area contributed by atoms with Crippen molar-refractivity contribution < 1.29 is 19.7 Å². The second kappa shape index (κ2) is 10.1. The molecule has 0 radical (unpaired) electrons. The van der Waals surface area contributed by atoms with Gasteiger partial charge in [-0.05, 0) is 30.7 Å². The van der Waals surface area contributed by atoms with Crippen LogP contribution >= 0.6 is 0 Å². The fraction of sp³-hybridized carbons (Fsp3) is 0.450. The van der Waals surface area contributed by atoms with Gasteiger partial charge in [-0.15, -0.1) is 0 Å². The minimum absolute atomic E-state index is 0.222. The molecule has 2 N–H and O–H groups in total. The van der Waals surface area contributed by atoms with Gasteiger partial charge in [-0.2, -0.15) is 0 Å². The van der Waals surface area contributed by atoms with Gasteiger partial charge < -0.3 is 14.9 Å². The molecule has 24 heavy (non-hydrogen) atoms. The van der Waals surface area contributed by atoms with Crippen LogP contribution in [0.25, 0.3) is 0 Å². The Kier molecular flexibility index (Phi) is 7.72. The molecule has 1 aliphatic heterocycles. The van der Waals surface area contributed by atoms with Crippen LogP contribution < -0.4 is 0 Å². The number of benzene rings is 1. The topological polar surface area (TPSA) is 66.8 Å². The molecule has 0 aromatic heterocycles. The van der Waals surface area contributed by atoms with Crippen molar-refractivity contribution in [2.24, 2.45) is 11.8 Å². The molecule has 0 amide bonds. The van der Waals surface area contributed by atoms with E-state index in [1.54, 1.807) is 0 Å². The fourth-order valence-corrected chi connectivity index (χ4v) is 2.84. The van der Waals surface area contributed by atoms with Gasteiger partial charge >= 0.3 is 5.97 Å². The lowest BCUT2D eigenvalue weighted by Crippen LogP contribution is -2.09. The van der Waals surface area contributed by atoms with Crippen molar-refractivity contribution in [2.75, 3.05) is 13.2 Å². The Balaban J connectivity index is 1.77. The van der Waals surface area contributed by atoms with Gasteiger partial charge in [-0.3, -0.25) is 4.79 Å². The van der Waals surface area contributed by atoms with E-state index >= 15 is 0 Å². The Hall–Kier alpha value is -1.91. The van der Waals surface area contributed by atoms with E-state index in [4.69, 9.17) is 9.84 Å². The van der Waals surface area contributed by atoms with E-state index in [2.05, 4.69) is 18.2 Å². The molecule has 130 valence electrons. The Labute approximate surface area is 143 Å². The fourth-order valence-electron chi connectivity index (χ4n) is 2.84. The van der Waals surface area contributed by atoms with Crippen LogP contribution in [0.3, 0.4) is 0 Å². The number of rotatable bonds is 9. The van der Waals surface area contributed by atoms with Gasteiger partial charge in [0.15, 0.2) is 0 Å². The molecular formula is C20H26O4. The maximum absolute atomic E-state index is 10.4. The molecule has 1 heterocycles. The van der Waals surface area contributed by atoms with Gasteiger partial charge in [0.25, 0.3) is 0 Å². The standard InChI is InChI=1S/C20H26O4/c21-19(16-8-5-3-6-9-16)13-12-18-15-24-14-17(18)10-4-1-2-7-11-20(22)23/h1,3-6,8-9,12-13,17-19,21H,2,7,10-11,14-15H2,(H,22,23)/t17-,18+,19?/m0/s1. The van der Waals surface area contributed by atoms with Gasteiger partial charge in [0.2, 0.25) is 0 Å². The lowest BCUT2D eigenvalue weighted by atomic mass is 9.91. The Morgan fingerprint density at radius 2 is 2.04 bits per heavy atom. The zero-order valence-corrected chi connectivity index (χ0v) is 13.9. The summed E-state index contributed by atoms with van der Waals surface area (Å²) in [6, 6.07) is 9.60. The summed E-state index contributed by atoms with van der Waals surface area (Å²) in [5.41, 5.74) is 0.891. The number of aliphatic hydroxyl groups excluding tert-OH is 1. The van der Waals surface area contributed by atoms with Crippen LogP contribution in [0, 0.1) is 11.8 Å². The van der Waals surface area contributed by atoms with Crippen molar-refractivity contribution in [3.8, 4) is 0 Å². The van der Waals surface area contributed by atoms with Gasteiger partial charge in [0, 0.05) is 12.3 Å². The Bertz CT molecular complexity index is 550. The van der Waals surface area contributed by atoms with Gasteiger partial charge in [-0.1, -0.05) is 54.6 Å². The number of unbranched alkanes of at least 4 members (excludes halogenated alkanes) is 1. The molecule has 2 rings (SSSR count). The van der Waals surface area contributed by atoms with Crippen LogP contribution in [-0.2, 0) is 9.53 Å². The van der Waals surface area contributed by atoms with Crippen LogP contribution in [0.15, 0.2) is 54.6 Å². The van der Waals surface area contributed by atoms with Crippen LogP contribution in [0.2, 0.25) is 0 Å². The summed E-state index contributed by atoms with van der Waals surface area (Å²) in [4.78, 5) is 10.4. The molecule has 0 bridgehead atoms. The number of hydrogen-bond acceptors (Lipinski definition) is 3. The van der Waals surface area contributed by atoms with E-state index < -0.39 is 12.1 Å². The zero-order valence-electron chi connectivity index (χ0n) is 13.9. The molecule has 4 heteroatoms. The maximum atomic E-state index is 10.4. The normalized spacial score (nSPS) is 22.4. The Morgan fingerprint density at radius 3 is 2.79 bits per heavy atom. The van der Waals surface area contributed by atoms with Crippen LogP contribution in [0.1, 0.15) is 37.4 Å². The molecule has 1 aromatic carbocycles. The first-order chi connectivity index (χ1) is 11.7. The molecule has 3 atom stereocenters. The van der Waals surface area contributed by atoms with Crippen molar-refractivity contribution >= 4 is 5.97 Å². The first-order valence-electron chi connectivity index (χ1n) is 8.52. The number of carboxylic acids is 1. The third kappa shape index (κ3) is 6.30. The molecule has 1 aromatic rings. The highest BCUT2D eigenvalue weighted by Gasteiger charge is 2.25. The molecular weight excluding hydrogens is 304 g/mol. The second-order valence-electron chi connectivity index (χ2n) is 6.19. The molecule has 1 saturated heterocycles. The lowest BCUT2D eigenvalue weighted by molar-refractivity contribution is -0.137. The second-order valence-corrected chi connectivity index (χ2v) is 6.19. The van der Waals surface area contributed by atoms with E-state index in [-0.39, 0.29) is 6.42 Å². The van der Waals surface area contributed by atoms with Crippen LogP contribution in [0.5, 0.6) is 0 Å². The molecule has 1 fully saturated rings. The minimum Gasteiger partial charge on any atom is -0.481 e. The lowest BCUT2D eigenvalue weighted by Gasteiger charge is -2.13. The van der Waals surface area contributed by atoms with Crippen molar-refractivity contribution in [1.29, 1.82) is 0 Å². The van der Waals surface area contributed by atoms with Crippen molar-refractivity contribution in [3.05, 3.63) is 60.2 Å². The average Bonchev–Trinajstić information content (AvgIpc) is 3.03. The predicted octanol–water partition coefficient (Wildman–Crippen LogP) is 3.74. The minimum atomic E-state index is -0.741. The molecule has 0 aliphatic carbocycles. The van der Waals surface area contributed by atoms with E-state index in [0.717, 1.165) is 25.0 Å². The zero-order chi connectivity index (χ0) is 17.2. The van der Waals surface area contributed by atoms with Crippen LogP contribution in [-0.4, -0.2) is 29.4 Å². The number of aliphatic carboxylic acids is 1. The highest BCUT2D eigenvalue weighted by atomic mass is 16.5. The number of aliphatic hydroxyl groups is 1. The number of carboxylic acid groups (broad SMARTS) is 1. The summed E-state index contributed by atoms with van der Waals surface area (Å²) in [6.45, 7) is 1.42. The summed E-state index contributed by atoms with van der Waals surface area (Å²) in [7, 11) is 0. The van der Waals surface area contributed by atoms with Crippen molar-refractivity contribution in [2.45, 2.75) is 31.8 Å². The summed E-state index contributed by atoms with van der Waals surface area (Å²) in [6.07, 6.45) is 10.1. The SMILES string of the molecule is O=C(O)CCCC=CC[C@H]1COC[C@H]1C=CC(O)c1ccccc1. The molecule has 0 spiro atoms. The highest BCUT2D eigenvalue weighted by Crippen LogP contribution is 2.27. The van der Waals surface area contributed by atoms with Gasteiger partial charge in [0.1, 0.15) is 0 Å². The first kappa shape index (κ1) is 18.4. The van der Waals surface area contributed by atoms with Crippen molar-refractivity contribution in [3.63, 3.8) is 0 Å².